The van der Waals surface area contributed by atoms with Crippen molar-refractivity contribution in [1.29, 1.82) is 0 Å². The molecule has 2 N–H and O–H groups in total. The largest absolute Gasteiger partial charge is 0.368 e. The minimum absolute atomic E-state index is 0.202. The van der Waals surface area contributed by atoms with E-state index in [4.69, 9.17) is 11.6 Å². The monoisotopic (exact) mass is 384 g/mol. The highest BCUT2D eigenvalue weighted by molar-refractivity contribution is 6.30. The highest BCUT2D eigenvalue weighted by atomic mass is 35.5. The van der Waals surface area contributed by atoms with Gasteiger partial charge < -0.3 is 10.6 Å². The second-order valence-corrected chi connectivity index (χ2v) is 6.74. The molecule has 1 amide bonds. The molecule has 0 saturated carbocycles. The van der Waals surface area contributed by atoms with Gasteiger partial charge in [-0.25, -0.2) is 4.68 Å². The molecule has 1 heterocycles. The Morgan fingerprint density at radius 1 is 1.07 bits per heavy atom. The van der Waals surface area contributed by atoms with Crippen molar-refractivity contribution in [3.05, 3.63) is 75.7 Å². The third kappa shape index (κ3) is 3.90. The Balaban J connectivity index is 1.82. The number of rotatable bonds is 5. The smallest absolute Gasteiger partial charge is 0.295 e. The number of anilines is 2. The summed E-state index contributed by atoms with van der Waals surface area (Å²) in [6.07, 6.45) is 0. The molecule has 2 aromatic carbocycles. The second-order valence-electron chi connectivity index (χ2n) is 6.30. The van der Waals surface area contributed by atoms with Crippen molar-refractivity contribution < 1.29 is 4.79 Å². The van der Waals surface area contributed by atoms with Crippen LogP contribution < -0.4 is 16.2 Å². The van der Waals surface area contributed by atoms with Gasteiger partial charge >= 0.3 is 0 Å². The standard InChI is InChI=1S/C20H21ClN4O2/c1-13(19(26)23-16-11-9-15(21)10-12-16)22-18-14(2)24(3)25(20(18)27)17-7-5-4-6-8-17/h4-13,22H,1-3H3,(H,23,26). The van der Waals surface area contributed by atoms with Gasteiger partial charge in [-0.15, -0.1) is 0 Å². The number of carbonyl (C=O) groups is 1. The number of amides is 1. The molecule has 0 bridgehead atoms. The average molecular weight is 385 g/mol. The summed E-state index contributed by atoms with van der Waals surface area (Å²) in [5.41, 5.74) is 2.35. The van der Waals surface area contributed by atoms with E-state index < -0.39 is 6.04 Å². The van der Waals surface area contributed by atoms with Gasteiger partial charge in [0.15, 0.2) is 0 Å². The van der Waals surface area contributed by atoms with Gasteiger partial charge in [-0.3, -0.25) is 14.3 Å². The number of hydrogen-bond acceptors (Lipinski definition) is 3. The molecule has 6 nitrogen and oxygen atoms in total. The molecule has 0 aliphatic carbocycles. The van der Waals surface area contributed by atoms with E-state index in [2.05, 4.69) is 10.6 Å². The van der Waals surface area contributed by atoms with Crippen LogP contribution in [0.1, 0.15) is 12.6 Å². The summed E-state index contributed by atoms with van der Waals surface area (Å²) in [6, 6.07) is 15.6. The van der Waals surface area contributed by atoms with Gasteiger partial charge in [0, 0.05) is 17.8 Å². The van der Waals surface area contributed by atoms with Crippen LogP contribution in [0.5, 0.6) is 0 Å². The maximum Gasteiger partial charge on any atom is 0.295 e. The van der Waals surface area contributed by atoms with Crippen molar-refractivity contribution in [2.75, 3.05) is 10.6 Å². The van der Waals surface area contributed by atoms with Crippen molar-refractivity contribution in [3.63, 3.8) is 0 Å². The minimum Gasteiger partial charge on any atom is -0.368 e. The first-order chi connectivity index (χ1) is 12.9. The second kappa shape index (κ2) is 7.72. The lowest BCUT2D eigenvalue weighted by Gasteiger charge is -2.14. The van der Waals surface area contributed by atoms with Crippen LogP contribution in [-0.4, -0.2) is 21.3 Å². The maximum atomic E-state index is 12.9. The summed E-state index contributed by atoms with van der Waals surface area (Å²) in [5.74, 6) is -0.244. The normalized spacial score (nSPS) is 11.9. The molecule has 1 aromatic heterocycles. The van der Waals surface area contributed by atoms with E-state index in [1.807, 2.05) is 44.3 Å². The highest BCUT2D eigenvalue weighted by Crippen LogP contribution is 2.16. The van der Waals surface area contributed by atoms with E-state index in [-0.39, 0.29) is 11.5 Å². The molecular formula is C20H21ClN4O2. The minimum atomic E-state index is -0.598. The molecule has 0 fully saturated rings. The fourth-order valence-electron chi connectivity index (χ4n) is 2.80. The van der Waals surface area contributed by atoms with Crippen LogP contribution in [0.3, 0.4) is 0 Å². The van der Waals surface area contributed by atoms with E-state index in [1.165, 1.54) is 0 Å². The first-order valence-corrected chi connectivity index (χ1v) is 8.93. The molecular weight excluding hydrogens is 364 g/mol. The number of halogens is 1. The molecule has 0 aliphatic heterocycles. The molecule has 3 aromatic rings. The number of carbonyl (C=O) groups excluding carboxylic acids is 1. The zero-order valence-electron chi connectivity index (χ0n) is 15.4. The van der Waals surface area contributed by atoms with Gasteiger partial charge in [-0.05, 0) is 50.2 Å². The van der Waals surface area contributed by atoms with Crippen LogP contribution in [0.4, 0.5) is 11.4 Å². The Bertz CT molecular complexity index is 1010. The van der Waals surface area contributed by atoms with E-state index in [0.29, 0.717) is 16.4 Å². The number of nitrogens with zero attached hydrogens (tertiary/aromatic N) is 2. The Hall–Kier alpha value is -2.99. The van der Waals surface area contributed by atoms with Crippen LogP contribution >= 0.6 is 11.6 Å². The lowest BCUT2D eigenvalue weighted by atomic mass is 10.2. The third-order valence-corrected chi connectivity index (χ3v) is 4.67. The predicted molar refractivity (Wildman–Crippen MR) is 109 cm³/mol. The lowest BCUT2D eigenvalue weighted by Crippen LogP contribution is -2.34. The third-order valence-electron chi connectivity index (χ3n) is 4.42. The maximum absolute atomic E-state index is 12.9. The van der Waals surface area contributed by atoms with Gasteiger partial charge in [-0.1, -0.05) is 29.8 Å². The summed E-state index contributed by atoms with van der Waals surface area (Å²) >= 11 is 5.86. The van der Waals surface area contributed by atoms with Gasteiger partial charge in [0.1, 0.15) is 11.7 Å². The molecule has 27 heavy (non-hydrogen) atoms. The molecule has 0 spiro atoms. The van der Waals surface area contributed by atoms with E-state index in [1.54, 1.807) is 40.6 Å². The molecule has 1 unspecified atom stereocenters. The van der Waals surface area contributed by atoms with Crippen LogP contribution in [0.15, 0.2) is 59.4 Å². The Morgan fingerprint density at radius 3 is 2.33 bits per heavy atom. The Morgan fingerprint density at radius 2 is 1.70 bits per heavy atom. The molecule has 3 rings (SSSR count). The molecule has 0 saturated heterocycles. The molecule has 1 atom stereocenters. The van der Waals surface area contributed by atoms with E-state index in [0.717, 1.165) is 11.4 Å². The van der Waals surface area contributed by atoms with Crippen molar-refractivity contribution in [2.45, 2.75) is 19.9 Å². The number of hydrogen-bond donors (Lipinski definition) is 2. The SMILES string of the molecule is Cc1c(NC(C)C(=O)Nc2ccc(Cl)cc2)c(=O)n(-c2ccccc2)n1C. The quantitative estimate of drug-likeness (QED) is 0.706. The van der Waals surface area contributed by atoms with Gasteiger partial charge in [0.05, 0.1) is 11.4 Å². The summed E-state index contributed by atoms with van der Waals surface area (Å²) < 4.78 is 3.34. The molecule has 7 heteroatoms. The van der Waals surface area contributed by atoms with Gasteiger partial charge in [0.2, 0.25) is 5.91 Å². The van der Waals surface area contributed by atoms with Gasteiger partial charge in [-0.2, -0.15) is 0 Å². The Kier molecular flexibility index (Phi) is 5.37. The summed E-state index contributed by atoms with van der Waals surface area (Å²) in [7, 11) is 1.81. The fourth-order valence-corrected chi connectivity index (χ4v) is 2.93. The Labute approximate surface area is 162 Å². The highest BCUT2D eigenvalue weighted by Gasteiger charge is 2.20. The van der Waals surface area contributed by atoms with Crippen molar-refractivity contribution >= 4 is 28.9 Å². The molecule has 0 radical (unpaired) electrons. The first kappa shape index (κ1) is 18.8. The number of benzene rings is 2. The summed E-state index contributed by atoms with van der Waals surface area (Å²) in [6.45, 7) is 3.55. The predicted octanol–water partition coefficient (Wildman–Crippen LogP) is 3.58. The zero-order chi connectivity index (χ0) is 19.6. The van der Waals surface area contributed by atoms with E-state index in [9.17, 15) is 9.59 Å². The molecule has 0 aliphatic rings. The van der Waals surface area contributed by atoms with Crippen molar-refractivity contribution in [2.24, 2.45) is 7.05 Å². The number of nitrogens with one attached hydrogen (secondary N) is 2. The molecule has 140 valence electrons. The topological polar surface area (TPSA) is 68.1 Å². The van der Waals surface area contributed by atoms with Crippen LogP contribution in [0.25, 0.3) is 5.69 Å². The van der Waals surface area contributed by atoms with Gasteiger partial charge in [0.25, 0.3) is 5.56 Å². The first-order valence-electron chi connectivity index (χ1n) is 8.55. The fraction of sp³-hybridized carbons (Fsp3) is 0.200. The van der Waals surface area contributed by atoms with Crippen molar-refractivity contribution in [1.82, 2.24) is 9.36 Å². The summed E-state index contributed by atoms with van der Waals surface area (Å²) in [5, 5.41) is 6.45. The number of para-hydroxylation sites is 1. The number of aromatic nitrogens is 2. The van der Waals surface area contributed by atoms with Crippen molar-refractivity contribution in [3.8, 4) is 5.69 Å². The summed E-state index contributed by atoms with van der Waals surface area (Å²) in [4.78, 5) is 25.4. The van der Waals surface area contributed by atoms with Crippen LogP contribution in [0.2, 0.25) is 5.02 Å². The zero-order valence-corrected chi connectivity index (χ0v) is 16.1. The van der Waals surface area contributed by atoms with Crippen LogP contribution in [-0.2, 0) is 11.8 Å². The lowest BCUT2D eigenvalue weighted by molar-refractivity contribution is -0.116. The average Bonchev–Trinajstić information content (AvgIpc) is 2.87. The van der Waals surface area contributed by atoms with Crippen LogP contribution in [0, 0.1) is 6.92 Å². The van der Waals surface area contributed by atoms with E-state index >= 15 is 0 Å².